The van der Waals surface area contributed by atoms with Gasteiger partial charge in [-0.15, -0.1) is 0 Å². The van der Waals surface area contributed by atoms with E-state index in [1.54, 1.807) is 18.3 Å². The van der Waals surface area contributed by atoms with Crippen LogP contribution in [0.3, 0.4) is 0 Å². The number of aromatic nitrogens is 4. The van der Waals surface area contributed by atoms with Gasteiger partial charge in [-0.3, -0.25) is 9.55 Å². The van der Waals surface area contributed by atoms with Crippen LogP contribution < -0.4 is 0 Å². The standard InChI is InChI=1S/C43H40N4O/c1-42(2,3)32-25-29(26-33(27-32)43(4,5)6)28-22-30(24-31(23-28)36-17-10-11-20-44-36)35-16-12-18-37-39(35)46-41(40-38(48)19-13-21-45-40)47(37)34-14-8-7-9-15-34/h7-27,48H,1-6H3. The molecule has 5 heteroatoms. The Morgan fingerprint density at radius 2 is 1.21 bits per heavy atom. The molecular weight excluding hydrogens is 589 g/mol. The Balaban J connectivity index is 1.52. The second-order valence-electron chi connectivity index (χ2n) is 14.5. The SMILES string of the molecule is CC(C)(C)c1cc(-c2cc(-c3ccccn3)cc(-c3cccc4c3nc(-c3ncccc3O)n4-c3ccccc3)c2)cc(C(C)(C)C)c1. The van der Waals surface area contributed by atoms with Gasteiger partial charge < -0.3 is 5.11 Å². The van der Waals surface area contributed by atoms with Crippen molar-refractivity contribution in [3.63, 3.8) is 0 Å². The molecule has 0 aliphatic rings. The molecule has 0 fully saturated rings. The quantitative estimate of drug-likeness (QED) is 0.206. The van der Waals surface area contributed by atoms with Gasteiger partial charge in [0.2, 0.25) is 0 Å². The van der Waals surface area contributed by atoms with Crippen LogP contribution in [0.1, 0.15) is 52.7 Å². The Morgan fingerprint density at radius 3 is 1.88 bits per heavy atom. The van der Waals surface area contributed by atoms with Crippen molar-refractivity contribution in [2.45, 2.75) is 52.4 Å². The lowest BCUT2D eigenvalue weighted by atomic mass is 9.78. The largest absolute Gasteiger partial charge is 0.506 e. The third-order valence-corrected chi connectivity index (χ3v) is 8.90. The number of hydrogen-bond donors (Lipinski definition) is 1. The van der Waals surface area contributed by atoms with Gasteiger partial charge in [-0.05, 0) is 99.3 Å². The van der Waals surface area contributed by atoms with E-state index in [9.17, 15) is 5.11 Å². The zero-order valence-electron chi connectivity index (χ0n) is 28.4. The van der Waals surface area contributed by atoms with Crippen molar-refractivity contribution in [2.75, 3.05) is 0 Å². The molecule has 3 heterocycles. The molecule has 4 aromatic carbocycles. The average Bonchev–Trinajstić information content (AvgIpc) is 3.48. The van der Waals surface area contributed by atoms with E-state index in [0.717, 1.165) is 44.7 Å². The summed E-state index contributed by atoms with van der Waals surface area (Å²) < 4.78 is 2.08. The molecule has 0 saturated carbocycles. The Labute approximate surface area is 282 Å². The highest BCUT2D eigenvalue weighted by molar-refractivity contribution is 5.97. The van der Waals surface area contributed by atoms with Crippen LogP contribution in [0.5, 0.6) is 5.75 Å². The average molecular weight is 629 g/mol. The van der Waals surface area contributed by atoms with Gasteiger partial charge in [-0.25, -0.2) is 9.97 Å². The highest BCUT2D eigenvalue weighted by Crippen LogP contribution is 2.40. The number of nitrogens with zero attached hydrogens (tertiary/aromatic N) is 4. The molecule has 0 atom stereocenters. The molecule has 0 bridgehead atoms. The number of fused-ring (bicyclic) bond motifs is 1. The molecule has 0 aliphatic carbocycles. The topological polar surface area (TPSA) is 63.8 Å². The fourth-order valence-corrected chi connectivity index (χ4v) is 6.19. The minimum absolute atomic E-state index is 0.0132. The van der Waals surface area contributed by atoms with Crippen molar-refractivity contribution in [3.05, 3.63) is 139 Å². The van der Waals surface area contributed by atoms with E-state index in [0.29, 0.717) is 11.5 Å². The lowest BCUT2D eigenvalue weighted by molar-refractivity contribution is 0.474. The number of hydrogen-bond acceptors (Lipinski definition) is 4. The molecule has 0 spiro atoms. The molecule has 7 aromatic rings. The van der Waals surface area contributed by atoms with Gasteiger partial charge in [0.1, 0.15) is 11.4 Å². The van der Waals surface area contributed by atoms with E-state index in [2.05, 4.69) is 112 Å². The van der Waals surface area contributed by atoms with Gasteiger partial charge in [-0.2, -0.15) is 0 Å². The first-order valence-corrected chi connectivity index (χ1v) is 16.4. The highest BCUT2D eigenvalue weighted by atomic mass is 16.3. The first-order valence-electron chi connectivity index (χ1n) is 16.4. The van der Waals surface area contributed by atoms with Crippen LogP contribution in [0, 0.1) is 0 Å². The van der Waals surface area contributed by atoms with Crippen LogP contribution in [-0.4, -0.2) is 24.6 Å². The van der Waals surface area contributed by atoms with Gasteiger partial charge in [-0.1, -0.05) is 96.1 Å². The Morgan fingerprint density at radius 1 is 0.562 bits per heavy atom. The summed E-state index contributed by atoms with van der Waals surface area (Å²) in [5, 5.41) is 10.9. The molecule has 7 rings (SSSR count). The summed E-state index contributed by atoms with van der Waals surface area (Å²) in [6.07, 6.45) is 3.53. The summed E-state index contributed by atoms with van der Waals surface area (Å²) in [5.41, 5.74) is 11.9. The maximum atomic E-state index is 10.9. The van der Waals surface area contributed by atoms with Gasteiger partial charge in [0.25, 0.3) is 0 Å². The first-order chi connectivity index (χ1) is 23.0. The molecule has 1 N–H and O–H groups in total. The second kappa shape index (κ2) is 11.9. The number of imidazole rings is 1. The Bertz CT molecular complexity index is 2220. The summed E-state index contributed by atoms with van der Waals surface area (Å²) in [6, 6.07) is 39.6. The first kappa shape index (κ1) is 31.1. The summed E-state index contributed by atoms with van der Waals surface area (Å²) >= 11 is 0. The summed E-state index contributed by atoms with van der Waals surface area (Å²) in [4.78, 5) is 14.5. The number of benzene rings is 4. The normalized spacial score (nSPS) is 12.0. The highest BCUT2D eigenvalue weighted by Gasteiger charge is 2.23. The van der Waals surface area contributed by atoms with E-state index >= 15 is 0 Å². The molecule has 5 nitrogen and oxygen atoms in total. The molecule has 0 aliphatic heterocycles. The fraction of sp³-hybridized carbons (Fsp3) is 0.186. The lowest BCUT2D eigenvalue weighted by Crippen LogP contribution is -2.16. The Kier molecular flexibility index (Phi) is 7.71. The zero-order chi connectivity index (χ0) is 33.6. The third-order valence-electron chi connectivity index (χ3n) is 8.90. The molecular formula is C43H40N4O. The monoisotopic (exact) mass is 628 g/mol. The molecule has 0 unspecified atom stereocenters. The van der Waals surface area contributed by atoms with Crippen LogP contribution in [0.25, 0.3) is 61.8 Å². The van der Waals surface area contributed by atoms with E-state index in [-0.39, 0.29) is 16.6 Å². The predicted molar refractivity (Wildman–Crippen MR) is 197 cm³/mol. The van der Waals surface area contributed by atoms with E-state index < -0.39 is 0 Å². The number of pyridine rings is 2. The number of rotatable bonds is 5. The molecule has 0 saturated heterocycles. The molecule has 0 amide bonds. The minimum Gasteiger partial charge on any atom is -0.506 e. The maximum absolute atomic E-state index is 10.9. The molecule has 3 aromatic heterocycles. The van der Waals surface area contributed by atoms with Crippen molar-refractivity contribution in [2.24, 2.45) is 0 Å². The van der Waals surface area contributed by atoms with Gasteiger partial charge in [0, 0.05) is 29.2 Å². The smallest absolute Gasteiger partial charge is 0.168 e. The third kappa shape index (κ3) is 5.88. The summed E-state index contributed by atoms with van der Waals surface area (Å²) in [6.45, 7) is 13.6. The summed E-state index contributed by atoms with van der Waals surface area (Å²) in [7, 11) is 0. The van der Waals surface area contributed by atoms with Crippen LogP contribution in [-0.2, 0) is 10.8 Å². The number of para-hydroxylation sites is 2. The summed E-state index contributed by atoms with van der Waals surface area (Å²) in [5.74, 6) is 0.662. The van der Waals surface area contributed by atoms with Gasteiger partial charge in [0.15, 0.2) is 5.82 Å². The van der Waals surface area contributed by atoms with Crippen LogP contribution in [0.15, 0.2) is 128 Å². The Hall–Kier alpha value is -5.55. The molecule has 238 valence electrons. The van der Waals surface area contributed by atoms with E-state index in [1.807, 2.05) is 48.7 Å². The van der Waals surface area contributed by atoms with Crippen molar-refractivity contribution >= 4 is 11.0 Å². The van der Waals surface area contributed by atoms with Crippen LogP contribution in [0.4, 0.5) is 0 Å². The molecule has 48 heavy (non-hydrogen) atoms. The predicted octanol–water partition coefficient (Wildman–Crippen LogP) is 10.8. The van der Waals surface area contributed by atoms with E-state index in [4.69, 9.17) is 9.97 Å². The minimum atomic E-state index is -0.0132. The van der Waals surface area contributed by atoms with Crippen molar-refractivity contribution in [3.8, 4) is 56.5 Å². The van der Waals surface area contributed by atoms with Crippen molar-refractivity contribution in [1.29, 1.82) is 0 Å². The maximum Gasteiger partial charge on any atom is 0.168 e. The van der Waals surface area contributed by atoms with Gasteiger partial charge >= 0.3 is 0 Å². The van der Waals surface area contributed by atoms with Gasteiger partial charge in [0.05, 0.1) is 16.7 Å². The zero-order valence-corrected chi connectivity index (χ0v) is 28.4. The molecule has 0 radical (unpaired) electrons. The fourth-order valence-electron chi connectivity index (χ4n) is 6.19. The lowest BCUT2D eigenvalue weighted by Gasteiger charge is -2.26. The second-order valence-corrected chi connectivity index (χ2v) is 14.5. The van der Waals surface area contributed by atoms with Crippen LogP contribution in [0.2, 0.25) is 0 Å². The van der Waals surface area contributed by atoms with Crippen molar-refractivity contribution < 1.29 is 5.11 Å². The van der Waals surface area contributed by atoms with Crippen molar-refractivity contribution in [1.82, 2.24) is 19.5 Å². The van der Waals surface area contributed by atoms with E-state index in [1.165, 1.54) is 16.7 Å². The number of aromatic hydroxyl groups is 1. The van der Waals surface area contributed by atoms with Crippen LogP contribution >= 0.6 is 0 Å².